The largest absolute Gasteiger partial charge is 0.545 e. The number of rotatable bonds is 7. The van der Waals surface area contributed by atoms with Crippen LogP contribution in [0, 0.1) is 0 Å². The minimum absolute atomic E-state index is 0.0883. The van der Waals surface area contributed by atoms with Gasteiger partial charge < -0.3 is 24.7 Å². The van der Waals surface area contributed by atoms with Gasteiger partial charge in [0.1, 0.15) is 12.3 Å². The normalized spacial score (nSPS) is 14.5. The van der Waals surface area contributed by atoms with Gasteiger partial charge in [-0.2, -0.15) is 0 Å². The Morgan fingerprint density at radius 2 is 1.86 bits per heavy atom. The van der Waals surface area contributed by atoms with Crippen molar-refractivity contribution in [2.75, 3.05) is 6.61 Å². The van der Waals surface area contributed by atoms with Gasteiger partial charge in [0.25, 0.3) is 5.91 Å². The predicted molar refractivity (Wildman–Crippen MR) is 105 cm³/mol. The number of carboxylic acids is 1. The molecule has 2 aromatic rings. The minimum Gasteiger partial charge on any atom is -0.545 e. The molecule has 3 rings (SSSR count). The molecular formula is C20H16BrN2O6-. The van der Waals surface area contributed by atoms with Gasteiger partial charge in [0, 0.05) is 0 Å². The van der Waals surface area contributed by atoms with E-state index in [1.54, 1.807) is 24.3 Å². The molecule has 0 bridgehead atoms. The molecule has 0 atom stereocenters. The molecule has 0 spiro atoms. The quantitative estimate of drug-likeness (QED) is 0.482. The van der Waals surface area contributed by atoms with Crippen molar-refractivity contribution in [3.63, 3.8) is 0 Å². The van der Waals surface area contributed by atoms with E-state index in [9.17, 15) is 19.5 Å². The number of aromatic carboxylic acids is 1. The van der Waals surface area contributed by atoms with Gasteiger partial charge in [0.15, 0.2) is 11.5 Å². The van der Waals surface area contributed by atoms with Crippen molar-refractivity contribution in [2.24, 2.45) is 0 Å². The fourth-order valence-electron chi connectivity index (χ4n) is 2.62. The van der Waals surface area contributed by atoms with E-state index in [2.05, 4.69) is 26.6 Å². The molecule has 0 unspecified atom stereocenters. The van der Waals surface area contributed by atoms with Crippen molar-refractivity contribution < 1.29 is 29.0 Å². The van der Waals surface area contributed by atoms with Gasteiger partial charge in [-0.05, 0) is 57.8 Å². The zero-order chi connectivity index (χ0) is 21.0. The number of benzene rings is 2. The van der Waals surface area contributed by atoms with E-state index in [0.29, 0.717) is 28.1 Å². The van der Waals surface area contributed by atoms with E-state index >= 15 is 0 Å². The van der Waals surface area contributed by atoms with Gasteiger partial charge in [0.05, 0.1) is 17.0 Å². The first kappa shape index (κ1) is 20.4. The van der Waals surface area contributed by atoms with Gasteiger partial charge in [0.2, 0.25) is 0 Å². The molecule has 2 aromatic carbocycles. The molecule has 0 saturated carbocycles. The molecule has 1 saturated heterocycles. The summed E-state index contributed by atoms with van der Waals surface area (Å²) in [5.74, 6) is -0.845. The van der Waals surface area contributed by atoms with Crippen LogP contribution in [0.4, 0.5) is 4.79 Å². The zero-order valence-electron chi connectivity index (χ0n) is 15.3. The van der Waals surface area contributed by atoms with Crippen molar-refractivity contribution >= 4 is 39.9 Å². The Balaban J connectivity index is 1.82. The average molecular weight is 460 g/mol. The summed E-state index contributed by atoms with van der Waals surface area (Å²) in [6.07, 6.45) is 1.52. The highest BCUT2D eigenvalue weighted by molar-refractivity contribution is 9.10. The van der Waals surface area contributed by atoms with Crippen molar-refractivity contribution in [2.45, 2.75) is 13.5 Å². The van der Waals surface area contributed by atoms with Crippen LogP contribution >= 0.6 is 15.9 Å². The second-order valence-electron chi connectivity index (χ2n) is 6.00. The van der Waals surface area contributed by atoms with Crippen LogP contribution < -0.4 is 25.2 Å². The van der Waals surface area contributed by atoms with E-state index in [1.807, 2.05) is 6.92 Å². The number of imide groups is 1. The second kappa shape index (κ2) is 8.78. The minimum atomic E-state index is -1.24. The Bertz CT molecular complexity index is 1000. The Kier molecular flexibility index (Phi) is 6.18. The average Bonchev–Trinajstić information content (AvgIpc) is 2.98. The van der Waals surface area contributed by atoms with Crippen LogP contribution in [-0.4, -0.2) is 24.5 Å². The molecule has 1 fully saturated rings. The van der Waals surface area contributed by atoms with Gasteiger partial charge in [-0.25, -0.2) is 4.79 Å². The lowest BCUT2D eigenvalue weighted by atomic mass is 10.1. The van der Waals surface area contributed by atoms with Crippen LogP contribution in [0.25, 0.3) is 6.08 Å². The van der Waals surface area contributed by atoms with E-state index < -0.39 is 17.9 Å². The third-order valence-electron chi connectivity index (χ3n) is 3.94. The Hall–Kier alpha value is -3.33. The standard InChI is InChI=1S/C20H17BrN2O6/c1-2-28-16-9-12(8-15-18(24)23-20(27)22-15)7-14(21)17(16)29-10-11-3-5-13(6-4-11)19(25)26/h3-9H,2,10H2,1H3,(H,25,26)(H2,22,23,24,27)/p-1/b15-8-. The highest BCUT2D eigenvalue weighted by Gasteiger charge is 2.23. The first-order valence-electron chi connectivity index (χ1n) is 8.61. The number of amides is 3. The molecule has 1 aliphatic heterocycles. The molecule has 150 valence electrons. The molecule has 0 radical (unpaired) electrons. The topological polar surface area (TPSA) is 117 Å². The number of nitrogens with one attached hydrogen (secondary N) is 2. The summed E-state index contributed by atoms with van der Waals surface area (Å²) in [6, 6.07) is 9.01. The SMILES string of the molecule is CCOc1cc(/C=C2\NC(=O)NC2=O)cc(Br)c1OCc1ccc(C(=O)[O-])cc1. The predicted octanol–water partition coefficient (Wildman–Crippen LogP) is 1.97. The first-order chi connectivity index (χ1) is 13.9. The summed E-state index contributed by atoms with van der Waals surface area (Å²) < 4.78 is 12.1. The number of halogens is 1. The molecule has 1 heterocycles. The van der Waals surface area contributed by atoms with Gasteiger partial charge in [-0.15, -0.1) is 0 Å². The molecule has 0 aromatic heterocycles. The maximum atomic E-state index is 11.7. The lowest BCUT2D eigenvalue weighted by Gasteiger charge is -2.15. The molecule has 2 N–H and O–H groups in total. The van der Waals surface area contributed by atoms with Crippen molar-refractivity contribution in [3.8, 4) is 11.5 Å². The van der Waals surface area contributed by atoms with Crippen LogP contribution in [0.2, 0.25) is 0 Å². The van der Waals surface area contributed by atoms with Crippen molar-refractivity contribution in [1.82, 2.24) is 10.6 Å². The van der Waals surface area contributed by atoms with Crippen LogP contribution in [0.1, 0.15) is 28.4 Å². The van der Waals surface area contributed by atoms with Gasteiger partial charge >= 0.3 is 6.03 Å². The smallest absolute Gasteiger partial charge is 0.326 e. The molecule has 3 amide bonds. The summed E-state index contributed by atoms with van der Waals surface area (Å²) >= 11 is 3.44. The van der Waals surface area contributed by atoms with Crippen LogP contribution in [0.15, 0.2) is 46.6 Å². The van der Waals surface area contributed by atoms with Crippen LogP contribution in [0.3, 0.4) is 0 Å². The maximum Gasteiger partial charge on any atom is 0.326 e. The Labute approximate surface area is 174 Å². The number of ether oxygens (including phenoxy) is 2. The molecule has 8 nitrogen and oxygen atoms in total. The van der Waals surface area contributed by atoms with Crippen LogP contribution in [-0.2, 0) is 11.4 Å². The molecular weight excluding hydrogens is 444 g/mol. The second-order valence-corrected chi connectivity index (χ2v) is 6.86. The third-order valence-corrected chi connectivity index (χ3v) is 4.52. The van der Waals surface area contributed by atoms with Crippen molar-refractivity contribution in [3.05, 3.63) is 63.3 Å². The fraction of sp³-hybridized carbons (Fsp3) is 0.150. The third kappa shape index (κ3) is 4.94. The van der Waals surface area contributed by atoms with Gasteiger partial charge in [-0.1, -0.05) is 24.3 Å². The highest BCUT2D eigenvalue weighted by atomic mass is 79.9. The van der Waals surface area contributed by atoms with Crippen LogP contribution in [0.5, 0.6) is 11.5 Å². The lowest BCUT2D eigenvalue weighted by molar-refractivity contribution is -0.255. The van der Waals surface area contributed by atoms with E-state index in [1.165, 1.54) is 18.2 Å². The van der Waals surface area contributed by atoms with Gasteiger partial charge in [-0.3, -0.25) is 10.1 Å². The number of carbonyl (C=O) groups is 3. The number of hydrogen-bond donors (Lipinski definition) is 2. The summed E-state index contributed by atoms with van der Waals surface area (Å²) in [6.45, 7) is 2.40. The Morgan fingerprint density at radius 3 is 2.45 bits per heavy atom. The molecule has 9 heteroatoms. The number of carbonyl (C=O) groups excluding carboxylic acids is 3. The number of hydrogen-bond acceptors (Lipinski definition) is 6. The van der Waals surface area contributed by atoms with E-state index in [-0.39, 0.29) is 17.9 Å². The summed E-state index contributed by atoms with van der Waals surface area (Å²) in [5, 5.41) is 15.4. The first-order valence-corrected chi connectivity index (χ1v) is 9.40. The monoisotopic (exact) mass is 459 g/mol. The zero-order valence-corrected chi connectivity index (χ0v) is 16.9. The molecule has 1 aliphatic rings. The highest BCUT2D eigenvalue weighted by Crippen LogP contribution is 2.38. The summed E-state index contributed by atoms with van der Waals surface area (Å²) in [5.41, 5.74) is 1.61. The maximum absolute atomic E-state index is 11.7. The Morgan fingerprint density at radius 1 is 1.14 bits per heavy atom. The van der Waals surface area contributed by atoms with E-state index in [0.717, 1.165) is 5.56 Å². The molecule has 0 aliphatic carbocycles. The summed E-state index contributed by atoms with van der Waals surface area (Å²) in [7, 11) is 0. The lowest BCUT2D eigenvalue weighted by Crippen LogP contribution is -2.22. The number of urea groups is 1. The van der Waals surface area contributed by atoms with Crippen molar-refractivity contribution in [1.29, 1.82) is 0 Å². The van der Waals surface area contributed by atoms with E-state index in [4.69, 9.17) is 9.47 Å². The molecule has 29 heavy (non-hydrogen) atoms. The number of carboxylic acid groups (broad SMARTS) is 1. The fourth-order valence-corrected chi connectivity index (χ4v) is 3.19. The summed E-state index contributed by atoms with van der Waals surface area (Å²) in [4.78, 5) is 33.8.